The minimum atomic E-state index is -0.171. The number of ether oxygens (including phenoxy) is 1. The Kier molecular flexibility index (Phi) is 7.41. The first kappa shape index (κ1) is 25.3. The Morgan fingerprint density at radius 2 is 2.00 bits per heavy atom. The number of carbonyl (C=O) groups is 1. The summed E-state index contributed by atoms with van der Waals surface area (Å²) in [6.07, 6.45) is 5.24. The van der Waals surface area contributed by atoms with E-state index in [2.05, 4.69) is 21.3 Å². The average Bonchev–Trinajstić information content (AvgIpc) is 3.39. The number of aryl methyl sites for hydroxylation is 1. The maximum Gasteiger partial charge on any atom is 0.257 e. The van der Waals surface area contributed by atoms with E-state index in [1.54, 1.807) is 23.6 Å². The van der Waals surface area contributed by atoms with E-state index in [1.165, 1.54) is 4.88 Å². The number of hydrogen-bond donors (Lipinski definition) is 1. The van der Waals surface area contributed by atoms with Crippen molar-refractivity contribution in [2.75, 3.05) is 31.6 Å². The number of rotatable bonds is 6. The monoisotopic (exact) mass is 536 g/mol. The Hall–Kier alpha value is -3.97. The van der Waals surface area contributed by atoms with E-state index < -0.39 is 0 Å². The second-order valence-corrected chi connectivity index (χ2v) is 10.9. The van der Waals surface area contributed by atoms with Gasteiger partial charge in [-0.25, -0.2) is 15.0 Å². The molecule has 1 atom stereocenters. The molecule has 0 saturated carbocycles. The van der Waals surface area contributed by atoms with Crippen LogP contribution in [-0.2, 0) is 24.0 Å². The van der Waals surface area contributed by atoms with Crippen molar-refractivity contribution in [3.63, 3.8) is 0 Å². The van der Waals surface area contributed by atoms with Crippen molar-refractivity contribution < 1.29 is 9.53 Å². The maximum atomic E-state index is 13.1. The number of benzene rings is 2. The van der Waals surface area contributed by atoms with Crippen molar-refractivity contribution in [2.45, 2.75) is 31.7 Å². The summed E-state index contributed by atoms with van der Waals surface area (Å²) in [6.45, 7) is 3.59. The molecule has 3 heterocycles. The maximum absolute atomic E-state index is 13.1. The highest BCUT2D eigenvalue weighted by Crippen LogP contribution is 2.32. The number of fused-ring (bicyclic) bond motifs is 1. The van der Waals surface area contributed by atoms with Crippen molar-refractivity contribution in [3.8, 4) is 17.3 Å². The third kappa shape index (κ3) is 5.88. The minimum absolute atomic E-state index is 0.171. The molecule has 2 aliphatic rings. The fraction of sp³-hybridized carbons (Fsp3) is 0.300. The van der Waals surface area contributed by atoms with Crippen LogP contribution in [0.5, 0.6) is 0 Å². The third-order valence-electron chi connectivity index (χ3n) is 7.24. The van der Waals surface area contributed by atoms with E-state index >= 15 is 0 Å². The molecule has 9 heteroatoms. The van der Waals surface area contributed by atoms with Crippen molar-refractivity contribution in [1.29, 1.82) is 5.26 Å². The zero-order valence-corrected chi connectivity index (χ0v) is 22.3. The predicted molar refractivity (Wildman–Crippen MR) is 150 cm³/mol. The largest absolute Gasteiger partial charge is 0.379 e. The molecule has 6 rings (SSSR count). The van der Waals surface area contributed by atoms with Crippen molar-refractivity contribution >= 4 is 22.4 Å². The second kappa shape index (κ2) is 11.4. The highest BCUT2D eigenvalue weighted by Gasteiger charge is 2.28. The molecule has 1 fully saturated rings. The van der Waals surface area contributed by atoms with E-state index in [0.29, 0.717) is 34.5 Å². The molecule has 39 heavy (non-hydrogen) atoms. The van der Waals surface area contributed by atoms with Gasteiger partial charge < -0.3 is 4.74 Å². The zero-order chi connectivity index (χ0) is 26.6. The van der Waals surface area contributed by atoms with Gasteiger partial charge in [-0.05, 0) is 55.2 Å². The molecule has 0 radical (unpaired) electrons. The number of nitrogens with one attached hydrogen (secondary N) is 1. The van der Waals surface area contributed by atoms with Crippen LogP contribution in [0.1, 0.15) is 44.3 Å². The van der Waals surface area contributed by atoms with Crippen molar-refractivity contribution in [1.82, 2.24) is 19.9 Å². The van der Waals surface area contributed by atoms with Gasteiger partial charge in [-0.15, -0.1) is 11.3 Å². The van der Waals surface area contributed by atoms with Crippen LogP contribution in [0, 0.1) is 11.3 Å². The minimum Gasteiger partial charge on any atom is -0.379 e. The third-order valence-corrected chi connectivity index (χ3v) is 8.28. The summed E-state index contributed by atoms with van der Waals surface area (Å²) < 4.78 is 5.51. The first-order chi connectivity index (χ1) is 19.1. The number of nitriles is 1. The fourth-order valence-corrected chi connectivity index (χ4v) is 6.31. The van der Waals surface area contributed by atoms with Gasteiger partial charge in [0.25, 0.3) is 5.91 Å². The van der Waals surface area contributed by atoms with Crippen molar-refractivity contribution in [3.05, 3.63) is 93.9 Å². The van der Waals surface area contributed by atoms with Gasteiger partial charge in [-0.2, -0.15) is 5.26 Å². The molecule has 2 aromatic heterocycles. The summed E-state index contributed by atoms with van der Waals surface area (Å²) in [5.74, 6) is 0.477. The van der Waals surface area contributed by atoms with Crippen LogP contribution in [0.15, 0.2) is 60.8 Å². The van der Waals surface area contributed by atoms with Crippen LogP contribution in [-0.4, -0.2) is 58.1 Å². The summed E-state index contributed by atoms with van der Waals surface area (Å²) in [6, 6.07) is 19.4. The average molecular weight is 537 g/mol. The number of anilines is 1. The second-order valence-electron chi connectivity index (χ2n) is 9.82. The molecule has 0 spiro atoms. The van der Waals surface area contributed by atoms with E-state index in [4.69, 9.17) is 14.7 Å². The highest BCUT2D eigenvalue weighted by molar-refractivity contribution is 7.15. The summed E-state index contributed by atoms with van der Waals surface area (Å²) >= 11 is 1.59. The molecule has 2 aromatic carbocycles. The Morgan fingerprint density at radius 3 is 2.87 bits per heavy atom. The number of carbonyl (C=O) groups excluding carboxylic acids is 1. The molecular formula is C30H28N6O2S. The lowest BCUT2D eigenvalue weighted by Crippen LogP contribution is -2.45. The van der Waals surface area contributed by atoms with Gasteiger partial charge in [0.15, 0.2) is 5.13 Å². The molecule has 4 aromatic rings. The van der Waals surface area contributed by atoms with Gasteiger partial charge in [0.2, 0.25) is 0 Å². The first-order valence-electron chi connectivity index (χ1n) is 13.2. The van der Waals surface area contributed by atoms with Gasteiger partial charge in [0.05, 0.1) is 36.2 Å². The molecular weight excluding hydrogens is 508 g/mol. The molecule has 1 N–H and O–H groups in total. The summed E-state index contributed by atoms with van der Waals surface area (Å²) in [5, 5.41) is 12.9. The molecule has 0 bridgehead atoms. The Bertz CT molecular complexity index is 1540. The smallest absolute Gasteiger partial charge is 0.257 e. The van der Waals surface area contributed by atoms with E-state index in [9.17, 15) is 10.1 Å². The number of thiazole rings is 1. The van der Waals surface area contributed by atoms with E-state index in [1.807, 2.05) is 48.5 Å². The van der Waals surface area contributed by atoms with Gasteiger partial charge >= 0.3 is 0 Å². The van der Waals surface area contributed by atoms with Crippen LogP contribution < -0.4 is 5.32 Å². The quantitative estimate of drug-likeness (QED) is 0.387. The summed E-state index contributed by atoms with van der Waals surface area (Å²) in [5.41, 5.74) is 4.85. The number of nitrogens with zero attached hydrogens (tertiary/aromatic N) is 5. The number of amides is 1. The Balaban J connectivity index is 1.12. The van der Waals surface area contributed by atoms with Crippen LogP contribution in [0.25, 0.3) is 11.3 Å². The van der Waals surface area contributed by atoms with Crippen LogP contribution in [0.3, 0.4) is 0 Å². The molecule has 1 aliphatic carbocycles. The van der Waals surface area contributed by atoms with Gasteiger partial charge in [-0.3, -0.25) is 15.0 Å². The topological polar surface area (TPSA) is 104 Å². The lowest BCUT2D eigenvalue weighted by Gasteiger charge is -2.36. The zero-order valence-electron chi connectivity index (χ0n) is 21.5. The molecule has 196 valence electrons. The number of hydrogen-bond acceptors (Lipinski definition) is 8. The number of morpholine rings is 1. The lowest BCUT2D eigenvalue weighted by molar-refractivity contribution is 0.0139. The van der Waals surface area contributed by atoms with Crippen LogP contribution in [0.2, 0.25) is 0 Å². The van der Waals surface area contributed by atoms with Gasteiger partial charge in [0.1, 0.15) is 5.82 Å². The summed E-state index contributed by atoms with van der Waals surface area (Å²) in [4.78, 5) is 30.8. The molecule has 1 unspecified atom stereocenters. The lowest BCUT2D eigenvalue weighted by atomic mass is 9.96. The van der Waals surface area contributed by atoms with E-state index in [0.717, 1.165) is 68.1 Å². The van der Waals surface area contributed by atoms with E-state index in [-0.39, 0.29) is 5.91 Å². The Morgan fingerprint density at radius 1 is 1.13 bits per heavy atom. The van der Waals surface area contributed by atoms with Gasteiger partial charge in [0, 0.05) is 47.8 Å². The Labute approximate surface area is 231 Å². The SMILES string of the molecule is N#Cc1cccc(-c2ccnc(Cc3cccc(C(=O)Nc4nc5c(s4)CC(N4CCOCC4)CC5)c3)n2)c1. The molecule has 8 nitrogen and oxygen atoms in total. The summed E-state index contributed by atoms with van der Waals surface area (Å²) in [7, 11) is 0. The van der Waals surface area contributed by atoms with Gasteiger partial charge in [-0.1, -0.05) is 24.3 Å². The molecule has 1 aliphatic heterocycles. The predicted octanol–water partition coefficient (Wildman–Crippen LogP) is 4.50. The normalized spacial score (nSPS) is 17.3. The molecule has 1 amide bonds. The fourth-order valence-electron chi connectivity index (χ4n) is 5.23. The van der Waals surface area contributed by atoms with Crippen LogP contribution >= 0.6 is 11.3 Å². The number of aromatic nitrogens is 3. The standard InChI is InChI=1S/C30H28N6O2S/c31-19-21-4-2-5-22(16-21)25-9-10-32-28(33-25)17-20-3-1-6-23(15-20)29(37)35-30-34-26-8-7-24(18-27(26)39-30)36-11-13-38-14-12-36/h1-6,9-10,15-16,24H,7-8,11-14,17-18H2,(H,34,35,37). The van der Waals surface area contributed by atoms with Crippen molar-refractivity contribution in [2.24, 2.45) is 0 Å². The highest BCUT2D eigenvalue weighted by atomic mass is 32.1. The first-order valence-corrected chi connectivity index (χ1v) is 14.0. The van der Waals surface area contributed by atoms with Crippen LogP contribution in [0.4, 0.5) is 5.13 Å². The molecule has 1 saturated heterocycles.